The van der Waals surface area contributed by atoms with E-state index in [0.29, 0.717) is 17.5 Å². The number of hydrogen-bond donors (Lipinski definition) is 1. The first-order valence-corrected chi connectivity index (χ1v) is 8.53. The SMILES string of the molecule is CCNC(C1CCc2cccnc21)C1(N(C)C)CCCC1. The Balaban J connectivity index is 1.95. The Hall–Kier alpha value is -0.930. The van der Waals surface area contributed by atoms with E-state index in [2.05, 4.69) is 43.4 Å². The highest BCUT2D eigenvalue weighted by Crippen LogP contribution is 2.45. The van der Waals surface area contributed by atoms with Gasteiger partial charge in [0.05, 0.1) is 0 Å². The maximum absolute atomic E-state index is 4.75. The van der Waals surface area contributed by atoms with Crippen LogP contribution in [0.1, 0.15) is 56.2 Å². The van der Waals surface area contributed by atoms with Crippen LogP contribution in [0.2, 0.25) is 0 Å². The van der Waals surface area contributed by atoms with E-state index in [-0.39, 0.29) is 0 Å². The van der Waals surface area contributed by atoms with Crippen molar-refractivity contribution in [2.45, 2.75) is 62.9 Å². The van der Waals surface area contributed by atoms with E-state index in [9.17, 15) is 0 Å². The third kappa shape index (κ3) is 2.51. The average Bonchev–Trinajstić information content (AvgIpc) is 3.13. The molecule has 3 rings (SSSR count). The minimum Gasteiger partial charge on any atom is -0.312 e. The Labute approximate surface area is 129 Å². The standard InChI is InChI=1S/C18H29N3/c1-4-19-17(18(21(2)3)11-5-6-12-18)15-10-9-14-8-7-13-20-16(14)15/h7-8,13,15,17,19H,4-6,9-12H2,1-3H3. The molecule has 0 bridgehead atoms. The molecule has 1 aromatic rings. The molecule has 0 radical (unpaired) electrons. The van der Waals surface area contributed by atoms with E-state index in [1.807, 2.05) is 6.20 Å². The third-order valence-electron chi connectivity index (χ3n) is 5.77. The van der Waals surface area contributed by atoms with Gasteiger partial charge < -0.3 is 10.2 Å². The third-order valence-corrected chi connectivity index (χ3v) is 5.77. The number of hydrogen-bond acceptors (Lipinski definition) is 3. The van der Waals surface area contributed by atoms with Gasteiger partial charge in [-0.2, -0.15) is 0 Å². The van der Waals surface area contributed by atoms with Crippen molar-refractivity contribution in [3.05, 3.63) is 29.6 Å². The second-order valence-electron chi connectivity index (χ2n) is 6.93. The van der Waals surface area contributed by atoms with E-state index >= 15 is 0 Å². The minimum absolute atomic E-state index is 0.305. The Morgan fingerprint density at radius 1 is 1.38 bits per heavy atom. The van der Waals surface area contributed by atoms with Crippen LogP contribution in [-0.4, -0.2) is 42.1 Å². The summed E-state index contributed by atoms with van der Waals surface area (Å²) in [5.41, 5.74) is 3.13. The Morgan fingerprint density at radius 3 is 2.81 bits per heavy atom. The minimum atomic E-state index is 0.305. The fourth-order valence-electron chi connectivity index (χ4n) is 4.72. The molecule has 1 saturated carbocycles. The highest BCUT2D eigenvalue weighted by molar-refractivity contribution is 5.31. The maximum atomic E-state index is 4.75. The van der Waals surface area contributed by atoms with Crippen molar-refractivity contribution in [3.8, 4) is 0 Å². The van der Waals surface area contributed by atoms with Crippen LogP contribution in [0.3, 0.4) is 0 Å². The number of fused-ring (bicyclic) bond motifs is 1. The Bertz CT molecular complexity index is 477. The summed E-state index contributed by atoms with van der Waals surface area (Å²) in [6, 6.07) is 4.87. The van der Waals surface area contributed by atoms with Crippen LogP contribution in [0, 0.1) is 0 Å². The lowest BCUT2D eigenvalue weighted by molar-refractivity contribution is 0.0903. The second kappa shape index (κ2) is 6.05. The number of aromatic nitrogens is 1. The molecule has 0 amide bonds. The lowest BCUT2D eigenvalue weighted by Gasteiger charge is -2.46. The van der Waals surface area contributed by atoms with Crippen LogP contribution in [-0.2, 0) is 6.42 Å². The summed E-state index contributed by atoms with van der Waals surface area (Å²) >= 11 is 0. The summed E-state index contributed by atoms with van der Waals surface area (Å²) in [6.45, 7) is 3.28. The first kappa shape index (κ1) is 15.0. The van der Waals surface area contributed by atoms with Crippen molar-refractivity contribution in [1.82, 2.24) is 15.2 Å². The topological polar surface area (TPSA) is 28.2 Å². The molecule has 1 fully saturated rings. The van der Waals surface area contributed by atoms with Gasteiger partial charge in [0, 0.05) is 29.4 Å². The second-order valence-corrected chi connectivity index (χ2v) is 6.93. The Morgan fingerprint density at radius 2 is 2.14 bits per heavy atom. The number of pyridine rings is 1. The van der Waals surface area contributed by atoms with Gasteiger partial charge in [-0.15, -0.1) is 0 Å². The summed E-state index contributed by atoms with van der Waals surface area (Å²) in [4.78, 5) is 7.24. The lowest BCUT2D eigenvalue weighted by atomic mass is 9.78. The zero-order chi connectivity index (χ0) is 14.9. The molecule has 116 valence electrons. The maximum Gasteiger partial charge on any atom is 0.0482 e. The molecular formula is C18H29N3. The summed E-state index contributed by atoms with van der Waals surface area (Å²) < 4.78 is 0. The number of nitrogens with one attached hydrogen (secondary N) is 1. The number of rotatable bonds is 5. The van der Waals surface area contributed by atoms with Gasteiger partial charge in [-0.1, -0.05) is 25.8 Å². The molecule has 3 heteroatoms. The molecule has 21 heavy (non-hydrogen) atoms. The van der Waals surface area contributed by atoms with Crippen LogP contribution in [0.4, 0.5) is 0 Å². The summed E-state index contributed by atoms with van der Waals surface area (Å²) in [5, 5.41) is 3.85. The highest BCUT2D eigenvalue weighted by Gasteiger charge is 2.48. The van der Waals surface area contributed by atoms with Crippen LogP contribution in [0.5, 0.6) is 0 Å². The monoisotopic (exact) mass is 287 g/mol. The molecule has 0 aromatic carbocycles. The van der Waals surface area contributed by atoms with Gasteiger partial charge in [-0.05, 0) is 58.0 Å². The number of likely N-dealkylation sites (N-methyl/N-ethyl adjacent to an activating group) is 2. The fraction of sp³-hybridized carbons (Fsp3) is 0.722. The average molecular weight is 287 g/mol. The van der Waals surface area contributed by atoms with E-state index in [0.717, 1.165) is 6.54 Å². The van der Waals surface area contributed by atoms with Crippen molar-refractivity contribution in [3.63, 3.8) is 0 Å². The zero-order valence-corrected chi connectivity index (χ0v) is 13.7. The van der Waals surface area contributed by atoms with Gasteiger partial charge in [0.2, 0.25) is 0 Å². The quantitative estimate of drug-likeness (QED) is 0.902. The molecular weight excluding hydrogens is 258 g/mol. The molecule has 1 heterocycles. The first-order valence-electron chi connectivity index (χ1n) is 8.53. The first-order chi connectivity index (χ1) is 10.2. The lowest BCUT2D eigenvalue weighted by Crippen LogP contribution is -2.59. The molecule has 0 saturated heterocycles. The van der Waals surface area contributed by atoms with Crippen molar-refractivity contribution in [2.75, 3.05) is 20.6 Å². The summed E-state index contributed by atoms with van der Waals surface area (Å²) in [7, 11) is 4.54. The van der Waals surface area contributed by atoms with Gasteiger partial charge in [0.1, 0.15) is 0 Å². The summed E-state index contributed by atoms with van der Waals surface area (Å²) in [6.07, 6.45) is 9.77. The van der Waals surface area contributed by atoms with Crippen molar-refractivity contribution < 1.29 is 0 Å². The predicted molar refractivity (Wildman–Crippen MR) is 87.6 cm³/mol. The summed E-state index contributed by atoms with van der Waals surface area (Å²) in [5.74, 6) is 0.571. The largest absolute Gasteiger partial charge is 0.312 e. The van der Waals surface area contributed by atoms with E-state index < -0.39 is 0 Å². The molecule has 3 nitrogen and oxygen atoms in total. The van der Waals surface area contributed by atoms with Crippen molar-refractivity contribution >= 4 is 0 Å². The zero-order valence-electron chi connectivity index (χ0n) is 13.7. The number of aryl methyl sites for hydroxylation is 1. The van der Waals surface area contributed by atoms with Gasteiger partial charge in [0.15, 0.2) is 0 Å². The molecule has 2 atom stereocenters. The predicted octanol–water partition coefficient (Wildman–Crippen LogP) is 2.96. The van der Waals surface area contributed by atoms with E-state index in [1.54, 1.807) is 0 Å². The van der Waals surface area contributed by atoms with Crippen molar-refractivity contribution in [2.24, 2.45) is 0 Å². The van der Waals surface area contributed by atoms with Gasteiger partial charge >= 0.3 is 0 Å². The normalized spacial score (nSPS) is 25.2. The highest BCUT2D eigenvalue weighted by atomic mass is 15.2. The van der Waals surface area contributed by atoms with Crippen molar-refractivity contribution in [1.29, 1.82) is 0 Å². The van der Waals surface area contributed by atoms with Crippen LogP contribution < -0.4 is 5.32 Å². The van der Waals surface area contributed by atoms with E-state index in [4.69, 9.17) is 4.98 Å². The van der Waals surface area contributed by atoms with Crippen LogP contribution in [0.15, 0.2) is 18.3 Å². The molecule has 1 aromatic heterocycles. The molecule has 0 aliphatic heterocycles. The molecule has 2 aliphatic rings. The van der Waals surface area contributed by atoms with Gasteiger partial charge in [0.25, 0.3) is 0 Å². The molecule has 2 unspecified atom stereocenters. The Kier molecular flexibility index (Phi) is 4.32. The smallest absolute Gasteiger partial charge is 0.0482 e. The van der Waals surface area contributed by atoms with Crippen LogP contribution >= 0.6 is 0 Å². The molecule has 1 N–H and O–H groups in total. The fourth-order valence-corrected chi connectivity index (χ4v) is 4.72. The molecule has 0 spiro atoms. The van der Waals surface area contributed by atoms with Crippen LogP contribution in [0.25, 0.3) is 0 Å². The van der Waals surface area contributed by atoms with Gasteiger partial charge in [-0.3, -0.25) is 4.98 Å². The molecule has 2 aliphatic carbocycles. The van der Waals surface area contributed by atoms with Gasteiger partial charge in [-0.25, -0.2) is 0 Å². The van der Waals surface area contributed by atoms with E-state index in [1.165, 1.54) is 49.8 Å². The number of nitrogens with zero attached hydrogens (tertiary/aromatic N) is 2.